The highest BCUT2D eigenvalue weighted by Gasteiger charge is 2.23. The fourth-order valence-corrected chi connectivity index (χ4v) is 3.62. The van der Waals surface area contributed by atoms with Gasteiger partial charge in [-0.15, -0.1) is 12.4 Å². The number of anilines is 1. The van der Waals surface area contributed by atoms with Gasteiger partial charge in [-0.2, -0.15) is 5.26 Å². The topological polar surface area (TPSA) is 39.1 Å². The van der Waals surface area contributed by atoms with Crippen molar-refractivity contribution in [2.45, 2.75) is 25.9 Å². The first-order chi connectivity index (χ1) is 11.6. The molecule has 0 bridgehead atoms. The Kier molecular flexibility index (Phi) is 6.98. The van der Waals surface area contributed by atoms with Gasteiger partial charge >= 0.3 is 0 Å². The Morgan fingerprint density at radius 1 is 1.24 bits per heavy atom. The van der Waals surface area contributed by atoms with Crippen molar-refractivity contribution in [3.63, 3.8) is 0 Å². The number of nitrogens with one attached hydrogen (secondary N) is 1. The van der Waals surface area contributed by atoms with Crippen molar-refractivity contribution in [2.24, 2.45) is 0 Å². The van der Waals surface area contributed by atoms with Crippen molar-refractivity contribution in [3.05, 3.63) is 63.1 Å². The summed E-state index contributed by atoms with van der Waals surface area (Å²) in [4.78, 5) is 2.37. The first-order valence-electron chi connectivity index (χ1n) is 8.00. The lowest BCUT2D eigenvalue weighted by Gasteiger charge is -2.21. The molecule has 3 nitrogen and oxygen atoms in total. The quantitative estimate of drug-likeness (QED) is 0.793. The van der Waals surface area contributed by atoms with Crippen molar-refractivity contribution in [1.29, 1.82) is 5.26 Å². The molecule has 1 fully saturated rings. The minimum atomic E-state index is 0. The molecule has 1 saturated heterocycles. The molecule has 1 aliphatic heterocycles. The van der Waals surface area contributed by atoms with Crippen molar-refractivity contribution in [2.75, 3.05) is 18.0 Å². The number of hydrogen-bond donors (Lipinski definition) is 1. The number of nitrogens with zero attached hydrogens (tertiary/aromatic N) is 2. The van der Waals surface area contributed by atoms with E-state index < -0.39 is 0 Å². The van der Waals surface area contributed by atoms with Crippen LogP contribution in [0.15, 0.2) is 36.4 Å². The van der Waals surface area contributed by atoms with Gasteiger partial charge in [-0.25, -0.2) is 0 Å². The lowest BCUT2D eigenvalue weighted by Crippen LogP contribution is -2.32. The van der Waals surface area contributed by atoms with E-state index in [1.54, 1.807) is 6.07 Å². The fraction of sp³-hybridized carbons (Fsp3) is 0.316. The molecule has 2 aromatic rings. The number of rotatable bonds is 4. The Bertz CT molecular complexity index is 786. The normalized spacial score (nSPS) is 16.4. The molecule has 0 spiro atoms. The summed E-state index contributed by atoms with van der Waals surface area (Å²) in [5.74, 6) is 0. The highest BCUT2D eigenvalue weighted by Crippen LogP contribution is 2.26. The molecule has 0 unspecified atom stereocenters. The van der Waals surface area contributed by atoms with Crippen LogP contribution in [-0.4, -0.2) is 19.1 Å². The van der Waals surface area contributed by atoms with Crippen LogP contribution in [0, 0.1) is 18.3 Å². The molecule has 0 radical (unpaired) electrons. The van der Waals surface area contributed by atoms with Gasteiger partial charge in [0.2, 0.25) is 0 Å². The van der Waals surface area contributed by atoms with E-state index >= 15 is 0 Å². The number of hydrogen-bond acceptors (Lipinski definition) is 3. The van der Waals surface area contributed by atoms with E-state index in [0.29, 0.717) is 21.7 Å². The van der Waals surface area contributed by atoms with Gasteiger partial charge < -0.3 is 10.2 Å². The van der Waals surface area contributed by atoms with Crippen molar-refractivity contribution >= 4 is 41.3 Å². The lowest BCUT2D eigenvalue weighted by molar-refractivity contribution is 0.551. The molecule has 3 rings (SSSR count). The highest BCUT2D eigenvalue weighted by molar-refractivity contribution is 6.35. The maximum atomic E-state index is 8.99. The zero-order chi connectivity index (χ0) is 17.1. The maximum Gasteiger partial charge on any atom is 0.0991 e. The fourth-order valence-electron chi connectivity index (χ4n) is 3.14. The predicted octanol–water partition coefficient (Wildman–Crippen LogP) is 4.96. The average Bonchev–Trinajstić information content (AvgIpc) is 3.02. The molecule has 0 saturated carbocycles. The lowest BCUT2D eigenvalue weighted by atomic mass is 10.1. The number of aryl methyl sites for hydroxylation is 1. The van der Waals surface area contributed by atoms with Gasteiger partial charge in [0.05, 0.1) is 11.6 Å². The van der Waals surface area contributed by atoms with Crippen LogP contribution >= 0.6 is 35.6 Å². The minimum absolute atomic E-state index is 0. The molecule has 1 atom stereocenters. The minimum Gasteiger partial charge on any atom is -0.370 e. The molecule has 1 heterocycles. The van der Waals surface area contributed by atoms with Crippen LogP contribution in [0.25, 0.3) is 0 Å². The molecule has 0 aliphatic carbocycles. The second-order valence-corrected chi connectivity index (χ2v) is 7.00. The summed E-state index contributed by atoms with van der Waals surface area (Å²) in [7, 11) is 0. The van der Waals surface area contributed by atoms with E-state index in [2.05, 4.69) is 23.2 Å². The SMILES string of the molecule is Cc1cc(C#N)ccc1N1CC[C@H](NCc2ccc(Cl)cc2Cl)C1.Cl. The van der Waals surface area contributed by atoms with Crippen LogP contribution in [-0.2, 0) is 6.54 Å². The molecular formula is C19H20Cl3N3. The van der Waals surface area contributed by atoms with Gasteiger partial charge in [0.15, 0.2) is 0 Å². The van der Waals surface area contributed by atoms with Crippen LogP contribution < -0.4 is 10.2 Å². The summed E-state index contributed by atoms with van der Waals surface area (Å²) in [6.45, 7) is 4.77. The van der Waals surface area contributed by atoms with E-state index in [1.165, 1.54) is 5.69 Å². The van der Waals surface area contributed by atoms with Gasteiger partial charge in [-0.1, -0.05) is 29.3 Å². The predicted molar refractivity (Wildman–Crippen MR) is 107 cm³/mol. The van der Waals surface area contributed by atoms with E-state index in [1.807, 2.05) is 30.3 Å². The van der Waals surface area contributed by atoms with Crippen molar-refractivity contribution < 1.29 is 0 Å². The Morgan fingerprint density at radius 2 is 2.04 bits per heavy atom. The van der Waals surface area contributed by atoms with E-state index in [4.69, 9.17) is 28.5 Å². The van der Waals surface area contributed by atoms with Crippen LogP contribution in [0.2, 0.25) is 10.0 Å². The Morgan fingerprint density at radius 3 is 2.72 bits per heavy atom. The van der Waals surface area contributed by atoms with Gasteiger partial charge in [0.25, 0.3) is 0 Å². The standard InChI is InChI=1S/C19H19Cl2N3.ClH/c1-13-8-14(10-22)2-5-19(13)24-7-6-17(12-24)23-11-15-3-4-16(20)9-18(15)21;/h2-5,8-9,17,23H,6-7,11-12H2,1H3;1H/t17-;/m0./s1. The van der Waals surface area contributed by atoms with Gasteiger partial charge in [0.1, 0.15) is 0 Å². The van der Waals surface area contributed by atoms with E-state index in [0.717, 1.165) is 37.2 Å². The Labute approximate surface area is 164 Å². The third kappa shape index (κ3) is 4.80. The third-order valence-corrected chi connectivity index (χ3v) is 5.04. The molecule has 1 N–H and O–H groups in total. The molecule has 6 heteroatoms. The van der Waals surface area contributed by atoms with E-state index in [9.17, 15) is 0 Å². The van der Waals surface area contributed by atoms with Crippen LogP contribution in [0.4, 0.5) is 5.69 Å². The Balaban J connectivity index is 0.00000225. The monoisotopic (exact) mass is 395 g/mol. The second kappa shape index (κ2) is 8.78. The maximum absolute atomic E-state index is 8.99. The average molecular weight is 397 g/mol. The molecule has 1 aliphatic rings. The largest absolute Gasteiger partial charge is 0.370 e. The Hall–Kier alpha value is -1.44. The number of halogens is 3. The summed E-state index contributed by atoms with van der Waals surface area (Å²) in [6, 6.07) is 14.1. The van der Waals surface area contributed by atoms with Crippen molar-refractivity contribution in [1.82, 2.24) is 5.32 Å². The van der Waals surface area contributed by atoms with Crippen LogP contribution in [0.3, 0.4) is 0 Å². The number of nitriles is 1. The molecule has 2 aromatic carbocycles. The molecule has 0 aromatic heterocycles. The summed E-state index contributed by atoms with van der Waals surface area (Å²) in [5.41, 5.74) is 4.13. The van der Waals surface area contributed by atoms with Gasteiger partial charge in [0, 0.05) is 41.4 Å². The first kappa shape index (κ1) is 19.9. The zero-order valence-corrected chi connectivity index (χ0v) is 16.3. The zero-order valence-electron chi connectivity index (χ0n) is 13.9. The van der Waals surface area contributed by atoms with E-state index in [-0.39, 0.29) is 12.4 Å². The smallest absolute Gasteiger partial charge is 0.0991 e. The molecule has 0 amide bonds. The van der Waals surface area contributed by atoms with Crippen molar-refractivity contribution in [3.8, 4) is 6.07 Å². The summed E-state index contributed by atoms with van der Waals surface area (Å²) < 4.78 is 0. The van der Waals surface area contributed by atoms with Crippen LogP contribution in [0.1, 0.15) is 23.1 Å². The summed E-state index contributed by atoms with van der Waals surface area (Å²) in [6.07, 6.45) is 1.09. The second-order valence-electron chi connectivity index (χ2n) is 6.16. The third-order valence-electron chi connectivity index (χ3n) is 4.45. The summed E-state index contributed by atoms with van der Waals surface area (Å²) >= 11 is 12.2. The van der Waals surface area contributed by atoms with Gasteiger partial charge in [-0.05, 0) is 54.8 Å². The number of benzene rings is 2. The molecule has 25 heavy (non-hydrogen) atoms. The molecular weight excluding hydrogens is 377 g/mol. The van der Waals surface area contributed by atoms with Crippen LogP contribution in [0.5, 0.6) is 0 Å². The molecule has 132 valence electrons. The summed E-state index contributed by atoms with van der Waals surface area (Å²) in [5, 5.41) is 13.9. The van der Waals surface area contributed by atoms with Gasteiger partial charge in [-0.3, -0.25) is 0 Å². The highest BCUT2D eigenvalue weighted by atomic mass is 35.5. The first-order valence-corrected chi connectivity index (χ1v) is 8.75.